The van der Waals surface area contributed by atoms with Crippen molar-refractivity contribution in [2.75, 3.05) is 50.3 Å². The molecule has 54 heavy (non-hydrogen) atoms. The summed E-state index contributed by atoms with van der Waals surface area (Å²) in [5, 5.41) is 64.6. The smallest absolute Gasteiger partial charge is 0.200 e. The maximum absolute atomic E-state index is 15.1. The summed E-state index contributed by atoms with van der Waals surface area (Å²) in [6.07, 6.45) is 18.8. The lowest BCUT2D eigenvalue weighted by Gasteiger charge is -2.48. The number of hydrogen-bond acceptors (Lipinski definition) is 10. The molecule has 12 heteroatoms. The first-order chi connectivity index (χ1) is 25.8. The largest absolute Gasteiger partial charge is 0.504 e. The summed E-state index contributed by atoms with van der Waals surface area (Å²) in [5.41, 5.74) is 0.742. The summed E-state index contributed by atoms with van der Waals surface area (Å²) in [4.78, 5) is 4.15. The average molecular weight is 795 g/mol. The standard InChI is InChI=1S/C42H72N2O8P2/c1-5-9-13-17-25-53(51,26-18-14-10-6-2)31-43-29-36(34-22-24-38(46)42(50)40(34)48)44(30-35(43)33-21-23-37(45)41(49)39(33)47)32-54(52,27-19-15-11-7-3)28-20-16-12-8-4/h21-24,35-36,45-50H,5-20,25-32H2,1-4H3. The Morgan fingerprint density at radius 1 is 0.463 bits per heavy atom. The fourth-order valence-corrected chi connectivity index (χ4v) is 14.2. The van der Waals surface area contributed by atoms with Gasteiger partial charge in [0.1, 0.15) is 14.3 Å². The van der Waals surface area contributed by atoms with Gasteiger partial charge in [0.2, 0.25) is 11.5 Å². The molecule has 0 aliphatic carbocycles. The lowest BCUT2D eigenvalue weighted by atomic mass is 9.95. The highest BCUT2D eigenvalue weighted by Gasteiger charge is 2.43. The number of aromatic hydroxyl groups is 6. The number of nitrogens with zero attached hydrogens (tertiary/aromatic N) is 2. The van der Waals surface area contributed by atoms with Gasteiger partial charge in [-0.3, -0.25) is 9.80 Å². The van der Waals surface area contributed by atoms with Crippen molar-refractivity contribution < 1.29 is 39.8 Å². The van der Waals surface area contributed by atoms with Crippen molar-refractivity contribution in [1.29, 1.82) is 0 Å². The van der Waals surface area contributed by atoms with Crippen LogP contribution in [0.15, 0.2) is 24.3 Å². The van der Waals surface area contributed by atoms with Crippen molar-refractivity contribution in [1.82, 2.24) is 9.80 Å². The molecular formula is C42H72N2O8P2. The first-order valence-corrected chi connectivity index (χ1v) is 25.5. The van der Waals surface area contributed by atoms with Crippen LogP contribution in [0.25, 0.3) is 0 Å². The minimum atomic E-state index is -2.81. The monoisotopic (exact) mass is 794 g/mol. The van der Waals surface area contributed by atoms with Crippen molar-refractivity contribution in [3.05, 3.63) is 35.4 Å². The van der Waals surface area contributed by atoms with Crippen LogP contribution in [0.2, 0.25) is 0 Å². The molecule has 0 amide bonds. The fraction of sp³-hybridized carbons (Fsp3) is 0.714. The maximum atomic E-state index is 15.1. The summed E-state index contributed by atoms with van der Waals surface area (Å²) in [6, 6.07) is 4.71. The molecule has 1 fully saturated rings. The van der Waals surface area contributed by atoms with Gasteiger partial charge in [-0.25, -0.2) is 0 Å². The van der Waals surface area contributed by atoms with E-state index in [1.54, 1.807) is 12.1 Å². The van der Waals surface area contributed by atoms with Gasteiger partial charge >= 0.3 is 0 Å². The van der Waals surface area contributed by atoms with E-state index < -0.39 is 60.9 Å². The highest BCUT2D eigenvalue weighted by Crippen LogP contribution is 2.56. The van der Waals surface area contributed by atoms with Crippen molar-refractivity contribution in [2.24, 2.45) is 0 Å². The van der Waals surface area contributed by atoms with Gasteiger partial charge in [-0.15, -0.1) is 0 Å². The number of phenols is 6. The highest BCUT2D eigenvalue weighted by atomic mass is 31.2. The molecule has 308 valence electrons. The molecule has 1 saturated heterocycles. The molecule has 0 saturated carbocycles. The second-order valence-electron chi connectivity index (χ2n) is 15.9. The van der Waals surface area contributed by atoms with E-state index in [4.69, 9.17) is 0 Å². The van der Waals surface area contributed by atoms with Crippen LogP contribution >= 0.6 is 14.3 Å². The van der Waals surface area contributed by atoms with E-state index in [1.807, 2.05) is 0 Å². The molecule has 2 aromatic rings. The molecule has 6 N–H and O–H groups in total. The third kappa shape index (κ3) is 13.4. The molecule has 2 aromatic carbocycles. The SMILES string of the molecule is CCCCCCP(=O)(CCCCCC)CN1CC(c2ccc(O)c(O)c2O)N(CP(=O)(CCCCCC)CCCCCC)CC1c1ccc(O)c(O)c1O. The summed E-state index contributed by atoms with van der Waals surface area (Å²) in [5.74, 6) is -3.03. The van der Waals surface area contributed by atoms with E-state index in [-0.39, 0.29) is 25.7 Å². The van der Waals surface area contributed by atoms with Crippen LogP contribution in [-0.2, 0) is 9.13 Å². The van der Waals surface area contributed by atoms with Crippen LogP contribution in [0.5, 0.6) is 34.5 Å². The number of rotatable bonds is 26. The van der Waals surface area contributed by atoms with Crippen LogP contribution < -0.4 is 0 Å². The third-order valence-electron chi connectivity index (χ3n) is 11.3. The first-order valence-electron chi connectivity index (χ1n) is 20.9. The Bertz CT molecular complexity index is 1380. The van der Waals surface area contributed by atoms with E-state index in [0.717, 1.165) is 103 Å². The Morgan fingerprint density at radius 2 is 0.759 bits per heavy atom. The first kappa shape index (κ1) is 46.0. The van der Waals surface area contributed by atoms with Gasteiger partial charge in [-0.1, -0.05) is 105 Å². The zero-order valence-corrected chi connectivity index (χ0v) is 35.5. The van der Waals surface area contributed by atoms with Crippen molar-refractivity contribution >= 4 is 14.3 Å². The molecule has 1 heterocycles. The molecule has 2 atom stereocenters. The lowest BCUT2D eigenvalue weighted by Crippen LogP contribution is -2.51. The van der Waals surface area contributed by atoms with Gasteiger partial charge in [0, 0.05) is 48.9 Å². The summed E-state index contributed by atoms with van der Waals surface area (Å²) < 4.78 is 30.2. The molecule has 0 spiro atoms. The summed E-state index contributed by atoms with van der Waals surface area (Å²) in [7, 11) is -5.61. The molecule has 2 unspecified atom stereocenters. The second-order valence-corrected chi connectivity index (χ2v) is 22.4. The quantitative estimate of drug-likeness (QED) is 0.0307. The fourth-order valence-electron chi connectivity index (χ4n) is 8.01. The molecule has 1 aliphatic heterocycles. The normalized spacial score (nSPS) is 17.3. The molecule has 0 radical (unpaired) electrons. The van der Waals surface area contributed by atoms with Crippen molar-refractivity contribution in [3.63, 3.8) is 0 Å². The molecular weight excluding hydrogens is 722 g/mol. The minimum Gasteiger partial charge on any atom is -0.504 e. The number of benzene rings is 2. The third-order valence-corrected chi connectivity index (χ3v) is 17.6. The van der Waals surface area contributed by atoms with Crippen LogP contribution in [-0.4, -0.2) is 90.7 Å². The van der Waals surface area contributed by atoms with Crippen LogP contribution in [0.4, 0.5) is 0 Å². The zero-order chi connectivity index (χ0) is 39.7. The predicted octanol–water partition coefficient (Wildman–Crippen LogP) is 11.3. The van der Waals surface area contributed by atoms with Crippen LogP contribution in [0, 0.1) is 0 Å². The molecule has 0 aromatic heterocycles. The summed E-state index contributed by atoms with van der Waals surface area (Å²) >= 11 is 0. The van der Waals surface area contributed by atoms with Crippen LogP contribution in [0.3, 0.4) is 0 Å². The summed E-state index contributed by atoms with van der Waals surface area (Å²) in [6.45, 7) is 9.06. The highest BCUT2D eigenvalue weighted by molar-refractivity contribution is 7.64. The molecule has 0 bridgehead atoms. The van der Waals surface area contributed by atoms with E-state index in [9.17, 15) is 30.6 Å². The predicted molar refractivity (Wildman–Crippen MR) is 223 cm³/mol. The Kier molecular flexibility index (Phi) is 19.6. The van der Waals surface area contributed by atoms with Crippen molar-refractivity contribution in [2.45, 2.75) is 143 Å². The van der Waals surface area contributed by atoms with Gasteiger partial charge in [0.25, 0.3) is 0 Å². The Hall–Kier alpha value is -2.38. The van der Waals surface area contributed by atoms with Gasteiger partial charge in [-0.05, 0) is 49.9 Å². The minimum absolute atomic E-state index is 0.225. The van der Waals surface area contributed by atoms with E-state index >= 15 is 9.13 Å². The second kappa shape index (κ2) is 23.0. The average Bonchev–Trinajstić information content (AvgIpc) is 3.15. The molecule has 3 rings (SSSR count). The van der Waals surface area contributed by atoms with Crippen molar-refractivity contribution in [3.8, 4) is 34.5 Å². The van der Waals surface area contributed by atoms with Gasteiger partial charge in [-0.2, -0.15) is 0 Å². The number of hydrogen-bond donors (Lipinski definition) is 6. The van der Waals surface area contributed by atoms with Gasteiger partial charge < -0.3 is 39.8 Å². The number of piperazine rings is 1. The van der Waals surface area contributed by atoms with E-state index in [0.29, 0.717) is 35.8 Å². The lowest BCUT2D eigenvalue weighted by molar-refractivity contribution is 0.0469. The topological polar surface area (TPSA) is 162 Å². The molecule has 10 nitrogen and oxygen atoms in total. The Labute approximate surface area is 325 Å². The molecule has 1 aliphatic rings. The van der Waals surface area contributed by atoms with Crippen LogP contribution in [0.1, 0.15) is 154 Å². The van der Waals surface area contributed by atoms with Gasteiger partial charge in [0.05, 0.1) is 24.7 Å². The van der Waals surface area contributed by atoms with E-state index in [2.05, 4.69) is 37.5 Å². The Morgan fingerprint density at radius 3 is 1.04 bits per heavy atom. The number of phenolic OH excluding ortho intramolecular Hbond substituents is 6. The Balaban J connectivity index is 2.16. The maximum Gasteiger partial charge on any atom is 0.200 e. The van der Waals surface area contributed by atoms with E-state index in [1.165, 1.54) is 12.1 Å². The van der Waals surface area contributed by atoms with Gasteiger partial charge in [0.15, 0.2) is 23.0 Å². The zero-order valence-electron chi connectivity index (χ0n) is 33.7. The number of unbranched alkanes of at least 4 members (excludes halogenated alkanes) is 12.